The van der Waals surface area contributed by atoms with Gasteiger partial charge in [0.2, 0.25) is 0 Å². The van der Waals surface area contributed by atoms with Crippen LogP contribution in [0.15, 0.2) is 18.2 Å². The fourth-order valence-corrected chi connectivity index (χ4v) is 2.59. The van der Waals surface area contributed by atoms with E-state index in [0.717, 1.165) is 18.2 Å². The molecule has 0 spiro atoms. The first-order chi connectivity index (χ1) is 8.55. The third-order valence-electron chi connectivity index (χ3n) is 2.80. The first kappa shape index (κ1) is 15.4. The summed E-state index contributed by atoms with van der Waals surface area (Å²) in [7, 11) is 0. The Morgan fingerprint density at radius 3 is 2.39 bits per heavy atom. The maximum absolute atomic E-state index is 13.1. The Morgan fingerprint density at radius 1 is 1.28 bits per heavy atom. The van der Waals surface area contributed by atoms with Crippen molar-refractivity contribution in [3.05, 3.63) is 35.4 Å². The van der Waals surface area contributed by atoms with Gasteiger partial charge < -0.3 is 0 Å². The van der Waals surface area contributed by atoms with Crippen LogP contribution in [0.1, 0.15) is 25.8 Å². The Hall–Kier alpha value is -0.650. The van der Waals surface area contributed by atoms with Crippen molar-refractivity contribution < 1.29 is 8.78 Å². The second-order valence-corrected chi connectivity index (χ2v) is 5.87. The zero-order valence-electron chi connectivity index (χ0n) is 10.7. The third kappa shape index (κ3) is 5.33. The van der Waals surface area contributed by atoms with Gasteiger partial charge in [-0.2, -0.15) is 11.8 Å². The molecule has 0 fully saturated rings. The predicted octanol–water partition coefficient (Wildman–Crippen LogP) is 2.87. The highest BCUT2D eigenvalue weighted by Gasteiger charge is 2.11. The molecule has 0 bridgehead atoms. The number of halogens is 2. The molecule has 2 unspecified atom stereocenters. The number of nitrogens with one attached hydrogen (secondary N) is 1. The normalized spacial score (nSPS) is 14.5. The topological polar surface area (TPSA) is 38.0 Å². The summed E-state index contributed by atoms with van der Waals surface area (Å²) in [6, 6.07) is 3.59. The molecule has 2 nitrogen and oxygen atoms in total. The zero-order chi connectivity index (χ0) is 13.5. The molecule has 2 atom stereocenters. The molecule has 0 aliphatic heterocycles. The van der Waals surface area contributed by atoms with Crippen molar-refractivity contribution in [1.29, 1.82) is 0 Å². The number of hydrazine groups is 1. The lowest BCUT2D eigenvalue weighted by Crippen LogP contribution is -2.39. The minimum atomic E-state index is -0.546. The third-order valence-corrected chi connectivity index (χ3v) is 4.29. The van der Waals surface area contributed by atoms with Gasteiger partial charge in [-0.3, -0.25) is 11.3 Å². The Morgan fingerprint density at radius 2 is 1.89 bits per heavy atom. The van der Waals surface area contributed by atoms with Crippen LogP contribution in [0.3, 0.4) is 0 Å². The van der Waals surface area contributed by atoms with Crippen molar-refractivity contribution >= 4 is 11.8 Å². The van der Waals surface area contributed by atoms with Gasteiger partial charge in [0.1, 0.15) is 11.6 Å². The van der Waals surface area contributed by atoms with Gasteiger partial charge in [-0.15, -0.1) is 0 Å². The molecule has 0 aliphatic rings. The summed E-state index contributed by atoms with van der Waals surface area (Å²) < 4.78 is 26.1. The Kier molecular flexibility index (Phi) is 6.60. The molecule has 1 aromatic carbocycles. The van der Waals surface area contributed by atoms with Crippen LogP contribution < -0.4 is 11.3 Å². The molecular weight excluding hydrogens is 254 g/mol. The van der Waals surface area contributed by atoms with E-state index in [9.17, 15) is 8.78 Å². The van der Waals surface area contributed by atoms with Gasteiger partial charge in [-0.05, 0) is 30.5 Å². The van der Waals surface area contributed by atoms with Crippen LogP contribution in [-0.4, -0.2) is 17.0 Å². The first-order valence-electron chi connectivity index (χ1n) is 6.07. The number of hydrogen-bond acceptors (Lipinski definition) is 3. The van der Waals surface area contributed by atoms with Gasteiger partial charge in [0.25, 0.3) is 0 Å². The predicted molar refractivity (Wildman–Crippen MR) is 73.4 cm³/mol. The molecule has 0 aliphatic carbocycles. The molecule has 1 aromatic rings. The lowest BCUT2D eigenvalue weighted by Gasteiger charge is -2.17. The standard InChI is InChI=1S/C13H20F2N2S/c1-3-9(2)18-8-13(17-16)6-10-4-11(14)7-12(15)5-10/h4-5,7,9,13,17H,3,6,8,16H2,1-2H3. The number of thioether (sulfide) groups is 1. The van der Waals surface area contributed by atoms with E-state index in [4.69, 9.17) is 5.84 Å². The van der Waals surface area contributed by atoms with E-state index in [2.05, 4.69) is 19.3 Å². The van der Waals surface area contributed by atoms with Crippen molar-refractivity contribution in [2.45, 2.75) is 38.0 Å². The van der Waals surface area contributed by atoms with Gasteiger partial charge in [0.05, 0.1) is 0 Å². The van der Waals surface area contributed by atoms with E-state index in [1.165, 1.54) is 12.1 Å². The summed E-state index contributed by atoms with van der Waals surface area (Å²) in [5.74, 6) is 5.20. The Bertz CT molecular complexity index is 354. The second-order valence-electron chi connectivity index (χ2n) is 4.40. The molecule has 0 saturated heterocycles. The monoisotopic (exact) mass is 274 g/mol. The van der Waals surface area contributed by atoms with Gasteiger partial charge in [-0.25, -0.2) is 8.78 Å². The van der Waals surface area contributed by atoms with Crippen LogP contribution in [0.5, 0.6) is 0 Å². The average Bonchev–Trinajstić information content (AvgIpc) is 2.32. The minimum Gasteiger partial charge on any atom is -0.271 e. The van der Waals surface area contributed by atoms with Crippen LogP contribution in [0.4, 0.5) is 8.78 Å². The molecule has 0 saturated carbocycles. The Labute approximate surface area is 111 Å². The lowest BCUT2D eigenvalue weighted by atomic mass is 10.1. The van der Waals surface area contributed by atoms with Crippen LogP contribution >= 0.6 is 11.8 Å². The van der Waals surface area contributed by atoms with Crippen LogP contribution in [0.2, 0.25) is 0 Å². The fraction of sp³-hybridized carbons (Fsp3) is 0.538. The Balaban J connectivity index is 2.56. The molecule has 0 aromatic heterocycles. The van der Waals surface area contributed by atoms with E-state index in [1.807, 2.05) is 0 Å². The first-order valence-corrected chi connectivity index (χ1v) is 7.12. The van der Waals surface area contributed by atoms with Gasteiger partial charge >= 0.3 is 0 Å². The quantitative estimate of drug-likeness (QED) is 0.593. The maximum atomic E-state index is 13.1. The summed E-state index contributed by atoms with van der Waals surface area (Å²) in [4.78, 5) is 0. The molecule has 1 rings (SSSR count). The summed E-state index contributed by atoms with van der Waals surface area (Å²) in [6.07, 6.45) is 1.62. The van der Waals surface area contributed by atoms with Crippen molar-refractivity contribution in [2.24, 2.45) is 5.84 Å². The van der Waals surface area contributed by atoms with Crippen molar-refractivity contribution in [1.82, 2.24) is 5.43 Å². The highest BCUT2D eigenvalue weighted by atomic mass is 32.2. The molecule has 0 heterocycles. The molecule has 0 amide bonds. The van der Waals surface area contributed by atoms with Crippen molar-refractivity contribution in [3.63, 3.8) is 0 Å². The van der Waals surface area contributed by atoms with Crippen LogP contribution in [-0.2, 0) is 6.42 Å². The summed E-state index contributed by atoms with van der Waals surface area (Å²) in [5, 5.41) is 0.560. The number of benzene rings is 1. The maximum Gasteiger partial charge on any atom is 0.126 e. The van der Waals surface area contributed by atoms with Crippen LogP contribution in [0.25, 0.3) is 0 Å². The largest absolute Gasteiger partial charge is 0.271 e. The van der Waals surface area contributed by atoms with Gasteiger partial charge in [-0.1, -0.05) is 13.8 Å². The lowest BCUT2D eigenvalue weighted by molar-refractivity contribution is 0.555. The zero-order valence-corrected chi connectivity index (χ0v) is 11.6. The average molecular weight is 274 g/mol. The second kappa shape index (κ2) is 7.71. The van der Waals surface area contributed by atoms with E-state index in [0.29, 0.717) is 17.2 Å². The molecule has 102 valence electrons. The van der Waals surface area contributed by atoms with Gasteiger partial charge in [0, 0.05) is 23.1 Å². The van der Waals surface area contributed by atoms with Crippen LogP contribution in [0, 0.1) is 11.6 Å². The van der Waals surface area contributed by atoms with Gasteiger partial charge in [0.15, 0.2) is 0 Å². The highest BCUT2D eigenvalue weighted by molar-refractivity contribution is 7.99. The molecule has 5 heteroatoms. The van der Waals surface area contributed by atoms with E-state index in [-0.39, 0.29) is 6.04 Å². The smallest absolute Gasteiger partial charge is 0.126 e. The molecule has 0 radical (unpaired) electrons. The molecule has 3 N–H and O–H groups in total. The van der Waals surface area contributed by atoms with E-state index < -0.39 is 11.6 Å². The van der Waals surface area contributed by atoms with E-state index >= 15 is 0 Å². The number of rotatable bonds is 7. The highest BCUT2D eigenvalue weighted by Crippen LogP contribution is 2.17. The number of hydrogen-bond donors (Lipinski definition) is 2. The summed E-state index contributed by atoms with van der Waals surface area (Å²) in [5.41, 5.74) is 3.33. The minimum absolute atomic E-state index is 0.0187. The fourth-order valence-electron chi connectivity index (χ4n) is 1.58. The summed E-state index contributed by atoms with van der Waals surface area (Å²) in [6.45, 7) is 4.28. The number of nitrogens with two attached hydrogens (primary N) is 1. The van der Waals surface area contributed by atoms with Crippen molar-refractivity contribution in [3.8, 4) is 0 Å². The molecule has 18 heavy (non-hydrogen) atoms. The summed E-state index contributed by atoms with van der Waals surface area (Å²) >= 11 is 1.81. The van der Waals surface area contributed by atoms with Crippen molar-refractivity contribution in [2.75, 3.05) is 5.75 Å². The molecular formula is C13H20F2N2S. The SMILES string of the molecule is CCC(C)SCC(Cc1cc(F)cc(F)c1)NN. The van der Waals surface area contributed by atoms with E-state index in [1.54, 1.807) is 11.8 Å².